The summed E-state index contributed by atoms with van der Waals surface area (Å²) in [7, 11) is 6.51. The van der Waals surface area contributed by atoms with Crippen LogP contribution in [0, 0.1) is 19.3 Å². The molecule has 0 saturated carbocycles. The quantitative estimate of drug-likeness (QED) is 0.400. The van der Waals surface area contributed by atoms with Crippen molar-refractivity contribution in [1.82, 2.24) is 0 Å². The first-order chi connectivity index (χ1) is 7.89. The van der Waals surface area contributed by atoms with E-state index in [1.165, 1.54) is 0 Å². The largest absolute Gasteiger partial charge is 0.460 e. The Balaban J connectivity index is -0.000000482. The molecule has 0 spiro atoms. The van der Waals surface area contributed by atoms with E-state index < -0.39 is 0 Å². The molecule has 0 rings (SSSR count). The lowest BCUT2D eigenvalue weighted by atomic mass is 9.93. The van der Waals surface area contributed by atoms with E-state index >= 15 is 0 Å². The van der Waals surface area contributed by atoms with Crippen LogP contribution in [-0.4, -0.2) is 43.7 Å². The number of esters is 1. The molecule has 0 aliphatic carbocycles. The van der Waals surface area contributed by atoms with Crippen molar-refractivity contribution in [3.8, 4) is 0 Å². The number of rotatable bonds is 6. The number of quaternary nitrogens is 1. The lowest BCUT2D eigenvalue weighted by molar-refractivity contribution is -0.873. The van der Waals surface area contributed by atoms with Gasteiger partial charge in [-0.05, 0) is 33.1 Å². The molecule has 21 heavy (non-hydrogen) atoms. The number of hydrogen-bond donors (Lipinski definition) is 0. The number of nitrogens with zero attached hydrogens (tertiary/aromatic N) is 1. The van der Waals surface area contributed by atoms with Crippen LogP contribution in [0.15, 0.2) is 0 Å². The molecule has 0 saturated heterocycles. The number of carbonyl (C=O) groups is 1. The van der Waals surface area contributed by atoms with Gasteiger partial charge in [-0.2, -0.15) is 0 Å². The molecule has 1 atom stereocenters. The molecule has 0 radical (unpaired) electrons. The van der Waals surface area contributed by atoms with Crippen LogP contribution >= 0.6 is 0 Å². The van der Waals surface area contributed by atoms with Crippen molar-refractivity contribution in [3.05, 3.63) is 7.43 Å². The van der Waals surface area contributed by atoms with Gasteiger partial charge in [-0.25, -0.2) is 0 Å². The zero-order valence-corrected chi connectivity index (χ0v) is 14.5. The molecular formula is C18H43NO2. The second-order valence-corrected chi connectivity index (χ2v) is 7.76. The van der Waals surface area contributed by atoms with Crippen molar-refractivity contribution in [2.24, 2.45) is 11.8 Å². The highest BCUT2D eigenvalue weighted by atomic mass is 16.6. The summed E-state index contributed by atoms with van der Waals surface area (Å²) in [6, 6.07) is 0. The van der Waals surface area contributed by atoms with E-state index in [4.69, 9.17) is 4.74 Å². The van der Waals surface area contributed by atoms with E-state index in [0.717, 1.165) is 17.4 Å². The van der Waals surface area contributed by atoms with Crippen LogP contribution in [0.2, 0.25) is 0 Å². The highest BCUT2D eigenvalue weighted by molar-refractivity contribution is 5.70. The van der Waals surface area contributed by atoms with Gasteiger partial charge in [-0.3, -0.25) is 4.79 Å². The highest BCUT2D eigenvalue weighted by Gasteiger charge is 2.25. The van der Waals surface area contributed by atoms with Crippen LogP contribution in [-0.2, 0) is 9.53 Å². The summed E-state index contributed by atoms with van der Waals surface area (Å²) >= 11 is 0. The Hall–Kier alpha value is -0.570. The van der Waals surface area contributed by atoms with Gasteiger partial charge in [0, 0.05) is 5.92 Å². The number of carbonyl (C=O) groups excluding carboxylic acids is 1. The third-order valence-corrected chi connectivity index (χ3v) is 2.49. The van der Waals surface area contributed by atoms with Crippen molar-refractivity contribution in [2.75, 3.05) is 27.7 Å². The molecule has 0 aromatic carbocycles. The molecule has 0 amide bonds. The Morgan fingerprint density at radius 3 is 1.81 bits per heavy atom. The normalized spacial score (nSPS) is 12.6. The fraction of sp³-hybridized carbons (Fsp3) is 0.889. The van der Waals surface area contributed by atoms with Crippen LogP contribution in [0.4, 0.5) is 0 Å². The summed E-state index contributed by atoms with van der Waals surface area (Å²) in [4.78, 5) is 11.9. The topological polar surface area (TPSA) is 26.3 Å². The molecule has 3 heteroatoms. The summed E-state index contributed by atoms with van der Waals surface area (Å²) in [6.45, 7) is 11.2. The minimum atomic E-state index is -0.379. The molecule has 3 nitrogen and oxygen atoms in total. The maximum Gasteiger partial charge on any atom is 0.306 e. The summed E-state index contributed by atoms with van der Waals surface area (Å²) in [5.74, 6) is 0.949. The first-order valence-corrected chi connectivity index (χ1v) is 6.91. The van der Waals surface area contributed by atoms with Crippen molar-refractivity contribution in [2.45, 2.75) is 67.9 Å². The molecule has 0 aliphatic rings. The van der Waals surface area contributed by atoms with Crippen LogP contribution < -0.4 is 0 Å². The molecular weight excluding hydrogens is 262 g/mol. The molecule has 1 unspecified atom stereocenters. The van der Waals surface area contributed by atoms with Gasteiger partial charge in [-0.15, -0.1) is 0 Å². The van der Waals surface area contributed by atoms with Gasteiger partial charge in [-0.1, -0.05) is 28.7 Å². The zero-order valence-electron chi connectivity index (χ0n) is 14.5. The zero-order chi connectivity index (χ0) is 14.6. The van der Waals surface area contributed by atoms with Gasteiger partial charge in [0.2, 0.25) is 0 Å². The van der Waals surface area contributed by atoms with Crippen molar-refractivity contribution in [3.63, 3.8) is 0 Å². The maximum atomic E-state index is 11.9. The van der Waals surface area contributed by atoms with Gasteiger partial charge in [0.05, 0.1) is 34.1 Å². The van der Waals surface area contributed by atoms with Crippen LogP contribution in [0.3, 0.4) is 0 Å². The molecule has 0 aromatic rings. The van der Waals surface area contributed by atoms with E-state index in [1.54, 1.807) is 0 Å². The second-order valence-electron chi connectivity index (χ2n) is 7.76. The average molecular weight is 306 g/mol. The predicted octanol–water partition coefficient (Wildman–Crippen LogP) is 4.81. The molecule has 132 valence electrons. The predicted molar refractivity (Wildman–Crippen MR) is 96.2 cm³/mol. The summed E-state index contributed by atoms with van der Waals surface area (Å²) in [5, 5.41) is 0. The standard InChI is InChI=1S/C15H32NO2.2CH4.CH3/c1-12(2)9-13(11-16(6,7)8)10-14(17)18-15(3,4)5;;;/h12-13H,9-11H2,1-8H3;2*1H4;1H3/q+1;;;-1. The van der Waals surface area contributed by atoms with Crippen LogP contribution in [0.5, 0.6) is 0 Å². The fourth-order valence-corrected chi connectivity index (χ4v) is 2.28. The van der Waals surface area contributed by atoms with Crippen molar-refractivity contribution >= 4 is 5.97 Å². The second kappa shape index (κ2) is 11.1. The lowest BCUT2D eigenvalue weighted by Crippen LogP contribution is -2.40. The lowest BCUT2D eigenvalue weighted by Gasteiger charge is -2.30. The first kappa shape index (κ1) is 28.6. The first-order valence-electron chi connectivity index (χ1n) is 6.91. The molecule has 0 aromatic heterocycles. The SMILES string of the molecule is C.C.CC(C)CC(CC(=O)OC(C)(C)C)C[N+](C)(C)C.[CH3-]. The van der Waals surface area contributed by atoms with E-state index in [-0.39, 0.29) is 33.9 Å². The number of ether oxygens (including phenoxy) is 1. The molecule has 0 bridgehead atoms. The Bertz CT molecular complexity index is 259. The Morgan fingerprint density at radius 1 is 1.10 bits per heavy atom. The average Bonchev–Trinajstić information content (AvgIpc) is 1.92. The summed E-state index contributed by atoms with van der Waals surface area (Å²) in [5.41, 5.74) is -0.379. The monoisotopic (exact) mass is 305 g/mol. The fourth-order valence-electron chi connectivity index (χ4n) is 2.28. The minimum Gasteiger partial charge on any atom is -0.460 e. The molecule has 0 N–H and O–H groups in total. The number of hydrogen-bond acceptors (Lipinski definition) is 2. The molecule has 0 heterocycles. The van der Waals surface area contributed by atoms with Crippen molar-refractivity contribution in [1.29, 1.82) is 0 Å². The van der Waals surface area contributed by atoms with E-state index in [9.17, 15) is 4.79 Å². The smallest absolute Gasteiger partial charge is 0.306 e. The van der Waals surface area contributed by atoms with Crippen LogP contribution in [0.25, 0.3) is 0 Å². The van der Waals surface area contributed by atoms with Gasteiger partial charge in [0.25, 0.3) is 0 Å². The Labute approximate surface area is 135 Å². The van der Waals surface area contributed by atoms with Gasteiger partial charge in [0.15, 0.2) is 0 Å². The summed E-state index contributed by atoms with van der Waals surface area (Å²) in [6.07, 6.45) is 1.61. The van der Waals surface area contributed by atoms with Gasteiger partial charge >= 0.3 is 5.97 Å². The van der Waals surface area contributed by atoms with E-state index in [0.29, 0.717) is 18.3 Å². The minimum absolute atomic E-state index is 0. The third-order valence-electron chi connectivity index (χ3n) is 2.49. The van der Waals surface area contributed by atoms with Gasteiger partial charge < -0.3 is 16.6 Å². The highest BCUT2D eigenvalue weighted by Crippen LogP contribution is 2.20. The van der Waals surface area contributed by atoms with E-state index in [2.05, 4.69) is 35.0 Å². The van der Waals surface area contributed by atoms with Crippen LogP contribution in [0.1, 0.15) is 62.3 Å². The van der Waals surface area contributed by atoms with Crippen molar-refractivity contribution < 1.29 is 14.0 Å². The van der Waals surface area contributed by atoms with E-state index in [1.807, 2.05) is 20.8 Å². The maximum absolute atomic E-state index is 11.9. The Morgan fingerprint density at radius 2 is 1.52 bits per heavy atom. The Kier molecular flexibility index (Phi) is 15.0. The van der Waals surface area contributed by atoms with Gasteiger partial charge in [0.1, 0.15) is 5.60 Å². The summed E-state index contributed by atoms with van der Waals surface area (Å²) < 4.78 is 6.31. The molecule has 0 fully saturated rings. The third kappa shape index (κ3) is 19.4. The molecule has 0 aliphatic heterocycles.